The minimum Gasteiger partial charge on any atom is -0.481 e. The highest BCUT2D eigenvalue weighted by atomic mass is 16.5. The molecule has 0 aliphatic carbocycles. The molecule has 0 aliphatic rings. The number of alkyl carbamates (subject to hydrolysis) is 1. The number of benzene rings is 1. The standard InChI is InChI=1S/C16H23NO5/c1-16(2,3)22-11-13(9-14(18)19)17-15(20)21-10-12-7-5-4-6-8-12/h4-8,13H,9-11H2,1-3H3,(H,17,20)(H,18,19)/t13-/m0/s1. The highest BCUT2D eigenvalue weighted by molar-refractivity contribution is 5.71. The van der Waals surface area contributed by atoms with Crippen molar-refractivity contribution in [3.8, 4) is 0 Å². The predicted molar refractivity (Wildman–Crippen MR) is 81.5 cm³/mol. The van der Waals surface area contributed by atoms with Gasteiger partial charge in [-0.1, -0.05) is 30.3 Å². The number of aliphatic carboxylic acids is 1. The number of hydrogen-bond donors (Lipinski definition) is 2. The van der Waals surface area contributed by atoms with Crippen molar-refractivity contribution in [3.05, 3.63) is 35.9 Å². The summed E-state index contributed by atoms with van der Waals surface area (Å²) in [6, 6.07) is 8.60. The van der Waals surface area contributed by atoms with Crippen LogP contribution in [0, 0.1) is 0 Å². The maximum Gasteiger partial charge on any atom is 0.407 e. The summed E-state index contributed by atoms with van der Waals surface area (Å²) >= 11 is 0. The summed E-state index contributed by atoms with van der Waals surface area (Å²) in [6.07, 6.45) is -0.885. The van der Waals surface area contributed by atoms with E-state index in [1.54, 1.807) is 0 Å². The molecular formula is C16H23NO5. The van der Waals surface area contributed by atoms with E-state index in [9.17, 15) is 9.59 Å². The van der Waals surface area contributed by atoms with Gasteiger partial charge in [-0.05, 0) is 26.3 Å². The van der Waals surface area contributed by atoms with Crippen LogP contribution < -0.4 is 5.32 Å². The molecule has 1 atom stereocenters. The number of nitrogens with one attached hydrogen (secondary N) is 1. The molecule has 0 aliphatic heterocycles. The number of hydrogen-bond acceptors (Lipinski definition) is 4. The van der Waals surface area contributed by atoms with E-state index in [1.807, 2.05) is 51.1 Å². The summed E-state index contributed by atoms with van der Waals surface area (Å²) in [6.45, 7) is 5.82. The highest BCUT2D eigenvalue weighted by Crippen LogP contribution is 2.09. The maximum atomic E-state index is 11.8. The molecule has 0 aromatic heterocycles. The normalized spacial score (nSPS) is 12.5. The molecule has 6 nitrogen and oxygen atoms in total. The molecule has 1 amide bonds. The highest BCUT2D eigenvalue weighted by Gasteiger charge is 2.20. The van der Waals surface area contributed by atoms with Crippen LogP contribution >= 0.6 is 0 Å². The second-order valence-electron chi connectivity index (χ2n) is 5.92. The van der Waals surface area contributed by atoms with Crippen molar-refractivity contribution in [2.45, 2.75) is 45.4 Å². The minimum absolute atomic E-state index is 0.107. The molecule has 1 aromatic rings. The van der Waals surface area contributed by atoms with E-state index >= 15 is 0 Å². The van der Waals surface area contributed by atoms with Crippen molar-refractivity contribution < 1.29 is 24.2 Å². The van der Waals surface area contributed by atoms with Crippen LogP contribution in [0.3, 0.4) is 0 Å². The van der Waals surface area contributed by atoms with Gasteiger partial charge in [0.05, 0.1) is 24.7 Å². The van der Waals surface area contributed by atoms with Crippen molar-refractivity contribution in [1.29, 1.82) is 0 Å². The third-order valence-corrected chi connectivity index (χ3v) is 2.67. The van der Waals surface area contributed by atoms with Crippen molar-refractivity contribution >= 4 is 12.1 Å². The number of carbonyl (C=O) groups excluding carboxylic acids is 1. The summed E-state index contributed by atoms with van der Waals surface area (Å²) < 4.78 is 10.6. The number of carboxylic acids is 1. The van der Waals surface area contributed by atoms with Crippen molar-refractivity contribution in [1.82, 2.24) is 5.32 Å². The largest absolute Gasteiger partial charge is 0.481 e. The Labute approximate surface area is 130 Å². The Morgan fingerprint density at radius 3 is 2.41 bits per heavy atom. The topological polar surface area (TPSA) is 84.9 Å². The van der Waals surface area contributed by atoms with Gasteiger partial charge in [0, 0.05) is 0 Å². The third kappa shape index (κ3) is 8.26. The Hall–Kier alpha value is -2.08. The molecular weight excluding hydrogens is 286 g/mol. The Morgan fingerprint density at radius 1 is 1.23 bits per heavy atom. The number of carbonyl (C=O) groups is 2. The van der Waals surface area contributed by atoms with Crippen molar-refractivity contribution in [3.63, 3.8) is 0 Å². The quantitative estimate of drug-likeness (QED) is 0.808. The van der Waals surface area contributed by atoms with Gasteiger partial charge in [0.1, 0.15) is 6.61 Å². The Kier molecular flexibility index (Phi) is 6.85. The van der Waals surface area contributed by atoms with Gasteiger partial charge in [-0.25, -0.2) is 4.79 Å². The molecule has 1 aromatic carbocycles. The molecule has 0 bridgehead atoms. The zero-order chi connectivity index (χ0) is 16.6. The van der Waals surface area contributed by atoms with Gasteiger partial charge in [0.25, 0.3) is 0 Å². The molecule has 0 radical (unpaired) electrons. The molecule has 0 spiro atoms. The van der Waals surface area contributed by atoms with Crippen LogP contribution in [0.25, 0.3) is 0 Å². The lowest BCUT2D eigenvalue weighted by Gasteiger charge is -2.24. The number of ether oxygens (including phenoxy) is 2. The molecule has 22 heavy (non-hydrogen) atoms. The van der Waals surface area contributed by atoms with Gasteiger partial charge in [-0.2, -0.15) is 0 Å². The second-order valence-corrected chi connectivity index (χ2v) is 5.92. The van der Waals surface area contributed by atoms with Gasteiger partial charge in [0.2, 0.25) is 0 Å². The summed E-state index contributed by atoms with van der Waals surface area (Å²) in [7, 11) is 0. The van der Waals surface area contributed by atoms with Crippen LogP contribution in [0.5, 0.6) is 0 Å². The zero-order valence-corrected chi connectivity index (χ0v) is 13.2. The summed E-state index contributed by atoms with van der Waals surface area (Å²) in [5, 5.41) is 11.4. The van der Waals surface area contributed by atoms with E-state index in [0.717, 1.165) is 5.56 Å². The fourth-order valence-electron chi connectivity index (χ4n) is 1.64. The Morgan fingerprint density at radius 2 is 1.86 bits per heavy atom. The molecule has 0 fully saturated rings. The smallest absolute Gasteiger partial charge is 0.407 e. The van der Waals surface area contributed by atoms with Crippen LogP contribution in [-0.4, -0.2) is 35.4 Å². The van der Waals surface area contributed by atoms with Crippen LogP contribution in [0.1, 0.15) is 32.8 Å². The zero-order valence-electron chi connectivity index (χ0n) is 13.2. The van der Waals surface area contributed by atoms with E-state index in [4.69, 9.17) is 14.6 Å². The Balaban J connectivity index is 2.46. The SMILES string of the molecule is CC(C)(C)OC[C@H](CC(=O)O)NC(=O)OCc1ccccc1. The molecule has 0 saturated heterocycles. The van der Waals surface area contributed by atoms with E-state index in [-0.39, 0.29) is 19.6 Å². The fourth-order valence-corrected chi connectivity index (χ4v) is 1.64. The number of carboxylic acid groups (broad SMARTS) is 1. The lowest BCUT2D eigenvalue weighted by atomic mass is 10.1. The first-order valence-electron chi connectivity index (χ1n) is 7.09. The molecule has 1 rings (SSSR count). The second kappa shape index (κ2) is 8.38. The number of amides is 1. The Bertz CT molecular complexity index is 481. The first kappa shape index (κ1) is 18.0. The molecule has 2 N–H and O–H groups in total. The molecule has 0 unspecified atom stereocenters. The third-order valence-electron chi connectivity index (χ3n) is 2.67. The van der Waals surface area contributed by atoms with Crippen molar-refractivity contribution in [2.75, 3.05) is 6.61 Å². The van der Waals surface area contributed by atoms with Crippen LogP contribution in [0.2, 0.25) is 0 Å². The molecule has 0 saturated carbocycles. The van der Waals surface area contributed by atoms with Crippen LogP contribution in [0.15, 0.2) is 30.3 Å². The van der Waals surface area contributed by atoms with Gasteiger partial charge in [0.15, 0.2) is 0 Å². The van der Waals surface area contributed by atoms with Crippen LogP contribution in [0.4, 0.5) is 4.79 Å². The van der Waals surface area contributed by atoms with Gasteiger partial charge >= 0.3 is 12.1 Å². The number of rotatable bonds is 7. The minimum atomic E-state index is -1.01. The van der Waals surface area contributed by atoms with E-state index in [0.29, 0.717) is 0 Å². The maximum absolute atomic E-state index is 11.8. The average molecular weight is 309 g/mol. The lowest BCUT2D eigenvalue weighted by Crippen LogP contribution is -2.41. The lowest BCUT2D eigenvalue weighted by molar-refractivity contribution is -0.138. The van der Waals surface area contributed by atoms with Gasteiger partial charge < -0.3 is 19.9 Å². The predicted octanol–water partition coefficient (Wildman–Crippen LogP) is 2.57. The fraction of sp³-hybridized carbons (Fsp3) is 0.500. The molecule has 6 heteroatoms. The van der Waals surface area contributed by atoms with Gasteiger partial charge in [-0.15, -0.1) is 0 Å². The first-order chi connectivity index (χ1) is 10.3. The van der Waals surface area contributed by atoms with E-state index in [2.05, 4.69) is 5.32 Å². The van der Waals surface area contributed by atoms with Crippen molar-refractivity contribution in [2.24, 2.45) is 0 Å². The van der Waals surface area contributed by atoms with E-state index in [1.165, 1.54) is 0 Å². The summed E-state index contributed by atoms with van der Waals surface area (Å²) in [5.41, 5.74) is 0.449. The van der Waals surface area contributed by atoms with Gasteiger partial charge in [-0.3, -0.25) is 4.79 Å². The van der Waals surface area contributed by atoms with E-state index < -0.39 is 23.7 Å². The molecule has 122 valence electrons. The summed E-state index contributed by atoms with van der Waals surface area (Å²) in [4.78, 5) is 22.6. The monoisotopic (exact) mass is 309 g/mol. The van der Waals surface area contributed by atoms with Crippen LogP contribution in [-0.2, 0) is 20.9 Å². The molecule has 0 heterocycles. The first-order valence-corrected chi connectivity index (χ1v) is 7.09. The summed E-state index contributed by atoms with van der Waals surface area (Å²) in [5.74, 6) is -1.01. The average Bonchev–Trinajstić information content (AvgIpc) is 2.42.